The highest BCUT2D eigenvalue weighted by Gasteiger charge is 2.34. The molecule has 2 aliphatic rings. The monoisotopic (exact) mass is 298 g/mol. The Labute approximate surface area is 131 Å². The molecule has 0 aromatic heterocycles. The normalized spacial score (nSPS) is 21.1. The Morgan fingerprint density at radius 2 is 2.14 bits per heavy atom. The average molecular weight is 298 g/mol. The molecule has 1 fully saturated rings. The Hall–Kier alpha value is -2.23. The zero-order chi connectivity index (χ0) is 15.9. The molecule has 22 heavy (non-hydrogen) atoms. The number of rotatable bonds is 3. The second-order valence-electron chi connectivity index (χ2n) is 6.15. The zero-order valence-corrected chi connectivity index (χ0v) is 13.2. The fourth-order valence-corrected chi connectivity index (χ4v) is 3.19. The van der Waals surface area contributed by atoms with Crippen LogP contribution in [0.5, 0.6) is 5.75 Å². The minimum Gasteiger partial charge on any atom is -0.491 e. The Kier molecular flexibility index (Phi) is 3.69. The number of nitrogens with one attached hydrogen (secondary N) is 1. The van der Waals surface area contributed by atoms with Crippen LogP contribution >= 0.6 is 0 Å². The van der Waals surface area contributed by atoms with E-state index in [-0.39, 0.29) is 18.1 Å². The molecule has 1 amide bonds. The van der Waals surface area contributed by atoms with Crippen molar-refractivity contribution in [1.82, 2.24) is 10.2 Å². The molecule has 1 atom stereocenters. The van der Waals surface area contributed by atoms with E-state index in [1.807, 2.05) is 26.0 Å². The van der Waals surface area contributed by atoms with E-state index in [1.54, 1.807) is 0 Å². The van der Waals surface area contributed by atoms with Crippen molar-refractivity contribution in [2.24, 2.45) is 0 Å². The number of ether oxygens (including phenoxy) is 1. The number of fused-ring (bicyclic) bond motifs is 1. The van der Waals surface area contributed by atoms with Gasteiger partial charge in [0.15, 0.2) is 0 Å². The van der Waals surface area contributed by atoms with Gasteiger partial charge in [-0.2, -0.15) is 0 Å². The van der Waals surface area contributed by atoms with Gasteiger partial charge in [0.25, 0.3) is 0 Å². The fraction of sp³-hybridized carbons (Fsp3) is 0.389. The number of amides is 1. The molecule has 2 heterocycles. The van der Waals surface area contributed by atoms with Crippen LogP contribution < -0.4 is 10.1 Å². The largest absolute Gasteiger partial charge is 0.491 e. The van der Waals surface area contributed by atoms with Crippen LogP contribution in [0.1, 0.15) is 37.8 Å². The average Bonchev–Trinajstić information content (AvgIpc) is 2.77. The first-order chi connectivity index (χ1) is 10.5. The number of nitrogens with zero attached hydrogens (tertiary/aromatic N) is 1. The number of carbonyl (C=O) groups is 1. The Balaban J connectivity index is 1.88. The lowest BCUT2D eigenvalue weighted by atomic mass is 10.0. The molecule has 0 bridgehead atoms. The molecule has 1 aromatic carbocycles. The van der Waals surface area contributed by atoms with Crippen molar-refractivity contribution in [3.05, 3.63) is 48.2 Å². The molecule has 0 saturated carbocycles. The summed E-state index contributed by atoms with van der Waals surface area (Å²) < 4.78 is 5.92. The van der Waals surface area contributed by atoms with Crippen molar-refractivity contribution >= 4 is 11.6 Å². The predicted molar refractivity (Wildman–Crippen MR) is 87.1 cm³/mol. The predicted octanol–water partition coefficient (Wildman–Crippen LogP) is 3.05. The van der Waals surface area contributed by atoms with Crippen LogP contribution in [0.15, 0.2) is 37.1 Å². The van der Waals surface area contributed by atoms with Gasteiger partial charge >= 0.3 is 0 Å². The highest BCUT2D eigenvalue weighted by Crippen LogP contribution is 2.40. The van der Waals surface area contributed by atoms with Gasteiger partial charge < -0.3 is 15.0 Å². The Bertz CT molecular complexity index is 648. The van der Waals surface area contributed by atoms with E-state index in [0.717, 1.165) is 35.7 Å². The SMILES string of the molecule is C=C1NC(=O)CCC1N1Cc2c(OC(C)C)cccc2C1=C. The lowest BCUT2D eigenvalue weighted by Crippen LogP contribution is -2.43. The van der Waals surface area contributed by atoms with Crippen LogP contribution in [-0.2, 0) is 11.3 Å². The summed E-state index contributed by atoms with van der Waals surface area (Å²) in [6.07, 6.45) is 1.44. The number of piperidine rings is 1. The minimum absolute atomic E-state index is 0.0485. The van der Waals surface area contributed by atoms with E-state index >= 15 is 0 Å². The van der Waals surface area contributed by atoms with Crippen LogP contribution in [0.2, 0.25) is 0 Å². The molecule has 0 spiro atoms. The third kappa shape index (κ3) is 2.49. The Morgan fingerprint density at radius 3 is 2.82 bits per heavy atom. The maximum absolute atomic E-state index is 11.5. The first-order valence-corrected chi connectivity index (χ1v) is 7.70. The van der Waals surface area contributed by atoms with E-state index in [1.165, 1.54) is 5.56 Å². The number of hydrogen-bond acceptors (Lipinski definition) is 3. The Morgan fingerprint density at radius 1 is 1.36 bits per heavy atom. The molecule has 2 aliphatic heterocycles. The van der Waals surface area contributed by atoms with Crippen molar-refractivity contribution in [3.8, 4) is 5.75 Å². The summed E-state index contributed by atoms with van der Waals surface area (Å²) in [6.45, 7) is 13.1. The molecule has 0 aliphatic carbocycles. The molecule has 1 N–H and O–H groups in total. The quantitative estimate of drug-likeness (QED) is 0.932. The van der Waals surface area contributed by atoms with Gasteiger partial charge in [-0.1, -0.05) is 25.3 Å². The fourth-order valence-electron chi connectivity index (χ4n) is 3.19. The second kappa shape index (κ2) is 5.52. The molecule has 1 saturated heterocycles. The summed E-state index contributed by atoms with van der Waals surface area (Å²) in [7, 11) is 0. The lowest BCUT2D eigenvalue weighted by molar-refractivity contribution is -0.121. The van der Waals surface area contributed by atoms with Gasteiger partial charge in [-0.3, -0.25) is 4.79 Å². The maximum Gasteiger partial charge on any atom is 0.224 e. The highest BCUT2D eigenvalue weighted by molar-refractivity contribution is 5.80. The third-order valence-electron chi connectivity index (χ3n) is 4.21. The number of hydrogen-bond donors (Lipinski definition) is 1. The van der Waals surface area contributed by atoms with Crippen molar-refractivity contribution in [1.29, 1.82) is 0 Å². The van der Waals surface area contributed by atoms with Crippen molar-refractivity contribution in [3.63, 3.8) is 0 Å². The first-order valence-electron chi connectivity index (χ1n) is 7.70. The van der Waals surface area contributed by atoms with Crippen LogP contribution in [0.4, 0.5) is 0 Å². The van der Waals surface area contributed by atoms with Gasteiger partial charge in [-0.05, 0) is 26.3 Å². The van der Waals surface area contributed by atoms with Gasteiger partial charge in [0, 0.05) is 35.5 Å². The van der Waals surface area contributed by atoms with Gasteiger partial charge in [0.05, 0.1) is 12.1 Å². The van der Waals surface area contributed by atoms with Crippen LogP contribution in [0.3, 0.4) is 0 Å². The standard InChI is InChI=1S/C18H22N2O2/c1-11(2)22-17-7-5-6-14-13(4)20(10-15(14)17)16-8-9-18(21)19-12(16)3/h5-7,11,16H,3-4,8-10H2,1-2H3,(H,19,21). The van der Waals surface area contributed by atoms with E-state index in [4.69, 9.17) is 4.74 Å². The van der Waals surface area contributed by atoms with Gasteiger partial charge in [-0.15, -0.1) is 0 Å². The zero-order valence-electron chi connectivity index (χ0n) is 13.2. The first kappa shape index (κ1) is 14.7. The van der Waals surface area contributed by atoms with E-state index < -0.39 is 0 Å². The topological polar surface area (TPSA) is 41.6 Å². The summed E-state index contributed by atoms with van der Waals surface area (Å²) >= 11 is 0. The molecule has 1 aromatic rings. The van der Waals surface area contributed by atoms with Gasteiger partial charge in [-0.25, -0.2) is 0 Å². The molecular formula is C18H22N2O2. The summed E-state index contributed by atoms with van der Waals surface area (Å²) in [5, 5.41) is 2.85. The third-order valence-corrected chi connectivity index (χ3v) is 4.21. The molecule has 1 unspecified atom stereocenters. The van der Waals surface area contributed by atoms with Crippen molar-refractivity contribution in [2.75, 3.05) is 0 Å². The molecule has 0 radical (unpaired) electrons. The molecule has 116 valence electrons. The van der Waals surface area contributed by atoms with Crippen LogP contribution in [0.25, 0.3) is 5.70 Å². The lowest BCUT2D eigenvalue weighted by Gasteiger charge is -2.35. The maximum atomic E-state index is 11.5. The van der Waals surface area contributed by atoms with Gasteiger partial charge in [0.1, 0.15) is 5.75 Å². The summed E-state index contributed by atoms with van der Waals surface area (Å²) in [5.41, 5.74) is 4.04. The molecule has 3 rings (SSSR count). The number of carbonyl (C=O) groups excluding carboxylic acids is 1. The van der Waals surface area contributed by atoms with E-state index in [9.17, 15) is 4.79 Å². The van der Waals surface area contributed by atoms with E-state index in [0.29, 0.717) is 6.42 Å². The van der Waals surface area contributed by atoms with E-state index in [2.05, 4.69) is 29.4 Å². The minimum atomic E-state index is 0.0485. The number of benzene rings is 1. The molecule has 4 nitrogen and oxygen atoms in total. The molecule has 4 heteroatoms. The summed E-state index contributed by atoms with van der Waals surface area (Å²) in [6, 6.07) is 6.19. The van der Waals surface area contributed by atoms with Crippen LogP contribution in [-0.4, -0.2) is 23.0 Å². The van der Waals surface area contributed by atoms with Crippen molar-refractivity contribution in [2.45, 2.75) is 45.4 Å². The van der Waals surface area contributed by atoms with Crippen LogP contribution in [0, 0.1) is 0 Å². The molecular weight excluding hydrogens is 276 g/mol. The van der Waals surface area contributed by atoms with Crippen molar-refractivity contribution < 1.29 is 9.53 Å². The second-order valence-corrected chi connectivity index (χ2v) is 6.15. The summed E-state index contributed by atoms with van der Waals surface area (Å²) in [4.78, 5) is 13.7. The smallest absolute Gasteiger partial charge is 0.224 e. The highest BCUT2D eigenvalue weighted by atomic mass is 16.5. The summed E-state index contributed by atoms with van der Waals surface area (Å²) in [5.74, 6) is 0.967. The van der Waals surface area contributed by atoms with Gasteiger partial charge in [0.2, 0.25) is 5.91 Å².